The molecule has 0 aliphatic heterocycles. The van der Waals surface area contributed by atoms with Gasteiger partial charge < -0.3 is 5.32 Å². The molecule has 0 aromatic rings. The average Bonchev–Trinajstić information content (AvgIpc) is 2.67. The summed E-state index contributed by atoms with van der Waals surface area (Å²) in [6, 6.07) is 0.0175. The number of nitrogens with zero attached hydrogens (tertiary/aromatic N) is 1. The molecule has 0 aliphatic carbocycles. The van der Waals surface area contributed by atoms with Crippen molar-refractivity contribution in [2.45, 2.75) is 142 Å². The van der Waals surface area contributed by atoms with Crippen LogP contribution >= 0.6 is 0 Å². The van der Waals surface area contributed by atoms with Crippen LogP contribution in [0.25, 0.3) is 0 Å². The maximum atomic E-state index is 12.2. The molecule has 0 radical (unpaired) electrons. The van der Waals surface area contributed by atoms with Gasteiger partial charge in [-0.2, -0.15) is 4.65 Å². The highest BCUT2D eigenvalue weighted by Gasteiger charge is 2.30. The third-order valence-corrected chi connectivity index (χ3v) is 6.37. The van der Waals surface area contributed by atoms with E-state index in [-0.39, 0.29) is 22.6 Å². The van der Waals surface area contributed by atoms with E-state index >= 15 is 0 Å². The van der Waals surface area contributed by atoms with Crippen molar-refractivity contribution in [3.8, 4) is 0 Å². The Hall–Kier alpha value is -0.610. The van der Waals surface area contributed by atoms with Gasteiger partial charge in [-0.15, -0.1) is 0 Å². The van der Waals surface area contributed by atoms with Gasteiger partial charge in [-0.25, -0.2) is 5.21 Å². The van der Waals surface area contributed by atoms with Crippen LogP contribution in [0.1, 0.15) is 130 Å². The summed E-state index contributed by atoms with van der Waals surface area (Å²) in [7, 11) is 3.52. The van der Waals surface area contributed by atoms with E-state index in [1.165, 1.54) is 83.5 Å². The van der Waals surface area contributed by atoms with Gasteiger partial charge in [0.15, 0.2) is 0 Å². The van der Waals surface area contributed by atoms with Gasteiger partial charge in [0.1, 0.15) is 6.04 Å². The summed E-state index contributed by atoms with van der Waals surface area (Å²) in [5.41, 5.74) is 0. The maximum absolute atomic E-state index is 12.2. The van der Waals surface area contributed by atoms with Gasteiger partial charge in [-0.3, -0.25) is 4.79 Å². The number of quaternary nitrogens is 1. The van der Waals surface area contributed by atoms with Gasteiger partial charge in [0.05, 0.1) is 20.1 Å². The molecule has 2 N–H and O–H groups in total. The quantitative estimate of drug-likeness (QED) is 0.128. The number of hydrogen-bond acceptors (Lipinski definition) is 2. The lowest BCUT2D eigenvalue weighted by Crippen LogP contribution is -2.55. The molecule has 0 bridgehead atoms. The fraction of sp³-hybridized carbons (Fsp3) is 0.960. The van der Waals surface area contributed by atoms with Gasteiger partial charge in [0, 0.05) is 6.42 Å². The second-order valence-electron chi connectivity index (χ2n) is 9.50. The molecule has 0 saturated heterocycles. The van der Waals surface area contributed by atoms with Crippen LogP contribution in [0.15, 0.2) is 0 Å². The second kappa shape index (κ2) is 18.2. The summed E-state index contributed by atoms with van der Waals surface area (Å²) in [6.45, 7) is 6.33. The van der Waals surface area contributed by atoms with E-state index in [1.54, 1.807) is 14.1 Å². The highest BCUT2D eigenvalue weighted by atomic mass is 16.5. The molecule has 0 aliphatic rings. The summed E-state index contributed by atoms with van der Waals surface area (Å²) in [6.07, 6.45) is 21.6. The van der Waals surface area contributed by atoms with E-state index in [0.29, 0.717) is 6.42 Å². The van der Waals surface area contributed by atoms with Gasteiger partial charge in [0.25, 0.3) is 0 Å². The fourth-order valence-corrected chi connectivity index (χ4v) is 3.94. The van der Waals surface area contributed by atoms with E-state index in [2.05, 4.69) is 19.2 Å². The normalized spacial score (nSPS) is 14.0. The predicted molar refractivity (Wildman–Crippen MR) is 125 cm³/mol. The van der Waals surface area contributed by atoms with Crippen molar-refractivity contribution < 1.29 is 14.6 Å². The van der Waals surface area contributed by atoms with Crippen molar-refractivity contribution >= 4 is 5.91 Å². The summed E-state index contributed by atoms with van der Waals surface area (Å²) in [5, 5.41) is 13.2. The molecule has 2 atom stereocenters. The molecule has 0 heterocycles. The van der Waals surface area contributed by atoms with Gasteiger partial charge in [-0.1, -0.05) is 104 Å². The SMILES string of the molecule is CCCCCCCCCCCCCCCCCC(=O)NC(CC)[C@H](C)[N+](C)(C)O. The van der Waals surface area contributed by atoms with Gasteiger partial charge >= 0.3 is 0 Å². The standard InChI is InChI=1S/C25H52N2O2/c1-6-8-9-10-11-12-13-14-15-16-17-18-19-20-21-22-25(28)26-24(7-2)23(3)27(4,5)29/h23-24,29H,6-22H2,1-5H3/p+1/t23-,24?/m0/s1. The van der Waals surface area contributed by atoms with Crippen LogP contribution in [0, 0.1) is 0 Å². The number of hydrogen-bond donors (Lipinski definition) is 2. The molecule has 0 aromatic heterocycles. The van der Waals surface area contributed by atoms with Gasteiger partial charge in [0.2, 0.25) is 5.91 Å². The first-order chi connectivity index (χ1) is 13.8. The monoisotopic (exact) mass is 413 g/mol. The lowest BCUT2D eigenvalue weighted by molar-refractivity contribution is -1.09. The van der Waals surface area contributed by atoms with Gasteiger partial charge in [-0.05, 0) is 19.8 Å². The first kappa shape index (κ1) is 28.4. The molecule has 174 valence electrons. The Balaban J connectivity index is 3.49. The molecule has 0 saturated carbocycles. The molecular formula is C25H53N2O2+. The second-order valence-corrected chi connectivity index (χ2v) is 9.50. The molecule has 0 spiro atoms. The largest absolute Gasteiger partial charge is 0.347 e. The Morgan fingerprint density at radius 1 is 0.759 bits per heavy atom. The van der Waals surface area contributed by atoms with E-state index in [1.807, 2.05) is 6.92 Å². The van der Waals surface area contributed by atoms with Crippen LogP contribution in [0.5, 0.6) is 0 Å². The number of rotatable bonds is 20. The Labute approximate surface area is 182 Å². The lowest BCUT2D eigenvalue weighted by atomic mass is 10.0. The molecule has 0 rings (SSSR count). The average molecular weight is 414 g/mol. The van der Waals surface area contributed by atoms with Crippen molar-refractivity contribution in [1.82, 2.24) is 5.32 Å². The Bertz CT molecular complexity index is 380. The molecule has 1 unspecified atom stereocenters. The smallest absolute Gasteiger partial charge is 0.220 e. The molecule has 4 heteroatoms. The van der Waals surface area contributed by atoms with E-state index in [9.17, 15) is 10.0 Å². The minimum absolute atomic E-state index is 0.00925. The number of unbranched alkanes of at least 4 members (excludes halogenated alkanes) is 14. The molecule has 29 heavy (non-hydrogen) atoms. The highest BCUT2D eigenvalue weighted by Crippen LogP contribution is 2.14. The molecular weight excluding hydrogens is 360 g/mol. The maximum Gasteiger partial charge on any atom is 0.220 e. The van der Waals surface area contributed by atoms with Crippen molar-refractivity contribution in [1.29, 1.82) is 0 Å². The number of amides is 1. The van der Waals surface area contributed by atoms with Crippen LogP contribution in [0.3, 0.4) is 0 Å². The number of nitrogens with one attached hydrogen (secondary N) is 1. The zero-order valence-electron chi connectivity index (χ0n) is 20.5. The Kier molecular flexibility index (Phi) is 17.8. The highest BCUT2D eigenvalue weighted by molar-refractivity contribution is 5.76. The molecule has 0 aromatic carbocycles. The third kappa shape index (κ3) is 16.8. The van der Waals surface area contributed by atoms with Crippen LogP contribution in [0.4, 0.5) is 0 Å². The first-order valence-corrected chi connectivity index (χ1v) is 12.7. The van der Waals surface area contributed by atoms with Crippen LogP contribution in [0.2, 0.25) is 0 Å². The van der Waals surface area contributed by atoms with Crippen molar-refractivity contribution in [3.05, 3.63) is 0 Å². The van der Waals surface area contributed by atoms with Crippen LogP contribution in [-0.2, 0) is 4.79 Å². The number of carbonyl (C=O) groups excluding carboxylic acids is 1. The molecule has 0 fully saturated rings. The lowest BCUT2D eigenvalue weighted by Gasteiger charge is -2.33. The summed E-state index contributed by atoms with van der Waals surface area (Å²) in [4.78, 5) is 12.2. The minimum atomic E-state index is -0.113. The van der Waals surface area contributed by atoms with Crippen molar-refractivity contribution in [2.24, 2.45) is 0 Å². The third-order valence-electron chi connectivity index (χ3n) is 6.37. The zero-order valence-corrected chi connectivity index (χ0v) is 20.5. The van der Waals surface area contributed by atoms with Crippen molar-refractivity contribution in [3.63, 3.8) is 0 Å². The first-order valence-electron chi connectivity index (χ1n) is 12.7. The number of hydroxylamine groups is 3. The summed E-state index contributed by atoms with van der Waals surface area (Å²) in [5.74, 6) is 0.131. The number of carbonyl (C=O) groups is 1. The van der Waals surface area contributed by atoms with E-state index < -0.39 is 0 Å². The number of likely N-dealkylation sites (N-methyl/N-ethyl adjacent to an activating group) is 1. The summed E-state index contributed by atoms with van der Waals surface area (Å²) < 4.78 is -0.113. The molecule has 1 amide bonds. The fourth-order valence-electron chi connectivity index (χ4n) is 3.94. The van der Waals surface area contributed by atoms with Crippen LogP contribution in [-0.4, -0.2) is 41.9 Å². The predicted octanol–water partition coefficient (Wildman–Crippen LogP) is 7.00. The Morgan fingerprint density at radius 3 is 1.48 bits per heavy atom. The topological polar surface area (TPSA) is 49.3 Å². The van der Waals surface area contributed by atoms with Crippen LogP contribution < -0.4 is 5.32 Å². The minimum Gasteiger partial charge on any atom is -0.347 e. The van der Waals surface area contributed by atoms with Crippen molar-refractivity contribution in [2.75, 3.05) is 14.1 Å². The zero-order chi connectivity index (χ0) is 22.0. The molecule has 4 nitrogen and oxygen atoms in total. The summed E-state index contributed by atoms with van der Waals surface area (Å²) >= 11 is 0. The van der Waals surface area contributed by atoms with E-state index in [4.69, 9.17) is 0 Å². The van der Waals surface area contributed by atoms with E-state index in [0.717, 1.165) is 19.3 Å². The Morgan fingerprint density at radius 2 is 1.14 bits per heavy atom.